The maximum Gasteiger partial charge on any atom is 0.317 e. The second-order valence-corrected chi connectivity index (χ2v) is 5.08. The maximum atomic E-state index is 11.9. The lowest BCUT2D eigenvalue weighted by Crippen LogP contribution is -2.39. The van der Waals surface area contributed by atoms with Crippen molar-refractivity contribution in [1.29, 1.82) is 0 Å². The van der Waals surface area contributed by atoms with Gasteiger partial charge in [-0.3, -0.25) is 4.79 Å². The third-order valence-electron chi connectivity index (χ3n) is 3.17. The number of hydrogen-bond donors (Lipinski definition) is 2. The normalized spacial score (nSPS) is 11.9. The summed E-state index contributed by atoms with van der Waals surface area (Å²) in [7, 11) is 1.71. The number of aryl methyl sites for hydroxylation is 1. The summed E-state index contributed by atoms with van der Waals surface area (Å²) in [4.78, 5) is 23.9. The lowest BCUT2D eigenvalue weighted by Gasteiger charge is -2.19. The van der Waals surface area contributed by atoms with Crippen LogP contribution >= 0.6 is 0 Å². The number of aliphatic carboxylic acids is 1. The number of carboxylic acids is 1. The number of nitrogens with one attached hydrogen (secondary N) is 1. The van der Waals surface area contributed by atoms with Gasteiger partial charge in [-0.2, -0.15) is 0 Å². The van der Waals surface area contributed by atoms with E-state index >= 15 is 0 Å². The number of furan rings is 1. The van der Waals surface area contributed by atoms with Crippen molar-refractivity contribution >= 4 is 12.0 Å². The molecule has 0 spiro atoms. The van der Waals surface area contributed by atoms with Gasteiger partial charge in [0.05, 0.1) is 12.8 Å². The minimum atomic E-state index is -0.810. The Kier molecular flexibility index (Phi) is 6.09. The zero-order chi connectivity index (χ0) is 15.1. The van der Waals surface area contributed by atoms with Crippen LogP contribution in [0.1, 0.15) is 31.1 Å². The summed E-state index contributed by atoms with van der Waals surface area (Å²) in [6.07, 6.45) is 2.28. The van der Waals surface area contributed by atoms with E-state index in [0.717, 1.165) is 11.3 Å². The van der Waals surface area contributed by atoms with E-state index in [1.54, 1.807) is 18.2 Å². The van der Waals surface area contributed by atoms with Crippen molar-refractivity contribution < 1.29 is 19.1 Å². The standard InChI is InChI=1S/C14H22N2O4/c1-10(4-5-13(17)18)8-15-14(19)16(3)9-12-6-7-20-11(12)2/h6-7,10H,4-5,8-9H2,1-3H3,(H,15,19)(H,17,18). The molecule has 1 aromatic rings. The van der Waals surface area contributed by atoms with Gasteiger partial charge in [-0.1, -0.05) is 6.92 Å². The largest absolute Gasteiger partial charge is 0.481 e. The van der Waals surface area contributed by atoms with E-state index in [-0.39, 0.29) is 18.4 Å². The van der Waals surface area contributed by atoms with Gasteiger partial charge in [0.2, 0.25) is 0 Å². The van der Waals surface area contributed by atoms with Crippen LogP contribution in [-0.4, -0.2) is 35.6 Å². The van der Waals surface area contributed by atoms with Gasteiger partial charge < -0.3 is 19.7 Å². The molecule has 1 heterocycles. The van der Waals surface area contributed by atoms with E-state index in [9.17, 15) is 9.59 Å². The number of urea groups is 1. The molecule has 0 aliphatic carbocycles. The van der Waals surface area contributed by atoms with Gasteiger partial charge in [0, 0.05) is 25.6 Å². The van der Waals surface area contributed by atoms with Crippen molar-refractivity contribution in [2.75, 3.05) is 13.6 Å². The fourth-order valence-electron chi connectivity index (χ4n) is 1.77. The monoisotopic (exact) mass is 282 g/mol. The third-order valence-corrected chi connectivity index (χ3v) is 3.17. The minimum Gasteiger partial charge on any atom is -0.481 e. The van der Waals surface area contributed by atoms with E-state index in [0.29, 0.717) is 19.5 Å². The number of hydrogen-bond acceptors (Lipinski definition) is 3. The second kappa shape index (κ2) is 7.57. The van der Waals surface area contributed by atoms with Gasteiger partial charge in [0.25, 0.3) is 0 Å². The first-order chi connectivity index (χ1) is 9.40. The fraction of sp³-hybridized carbons (Fsp3) is 0.571. The van der Waals surface area contributed by atoms with Crippen LogP contribution in [0.15, 0.2) is 16.7 Å². The number of nitrogens with zero attached hydrogens (tertiary/aromatic N) is 1. The van der Waals surface area contributed by atoms with Crippen LogP contribution in [0.4, 0.5) is 4.79 Å². The second-order valence-electron chi connectivity index (χ2n) is 5.08. The first kappa shape index (κ1) is 16.1. The van der Waals surface area contributed by atoms with Crippen LogP contribution in [0.25, 0.3) is 0 Å². The predicted molar refractivity (Wildman–Crippen MR) is 74.3 cm³/mol. The van der Waals surface area contributed by atoms with Crippen LogP contribution in [0, 0.1) is 12.8 Å². The molecular formula is C14H22N2O4. The summed E-state index contributed by atoms with van der Waals surface area (Å²) in [6, 6.07) is 1.67. The van der Waals surface area contributed by atoms with Crippen molar-refractivity contribution in [1.82, 2.24) is 10.2 Å². The molecular weight excluding hydrogens is 260 g/mol. The topological polar surface area (TPSA) is 82.8 Å². The van der Waals surface area contributed by atoms with Crippen molar-refractivity contribution in [3.63, 3.8) is 0 Å². The summed E-state index contributed by atoms with van der Waals surface area (Å²) < 4.78 is 5.18. The van der Waals surface area contributed by atoms with Gasteiger partial charge in [-0.05, 0) is 25.3 Å². The zero-order valence-electron chi connectivity index (χ0n) is 12.2. The molecule has 0 saturated heterocycles. The van der Waals surface area contributed by atoms with E-state index in [1.807, 2.05) is 19.9 Å². The Labute approximate surface area is 118 Å². The molecule has 1 aromatic heterocycles. The first-order valence-electron chi connectivity index (χ1n) is 6.64. The molecule has 1 unspecified atom stereocenters. The predicted octanol–water partition coefficient (Wildman–Crippen LogP) is 2.23. The summed E-state index contributed by atoms with van der Waals surface area (Å²) >= 11 is 0. The Hall–Kier alpha value is -1.98. The molecule has 1 rings (SSSR count). The summed E-state index contributed by atoms with van der Waals surface area (Å²) in [5.41, 5.74) is 0.974. The lowest BCUT2D eigenvalue weighted by molar-refractivity contribution is -0.137. The van der Waals surface area contributed by atoms with Crippen molar-refractivity contribution in [3.05, 3.63) is 23.7 Å². The summed E-state index contributed by atoms with van der Waals surface area (Å²) in [6.45, 7) is 4.73. The molecule has 0 aromatic carbocycles. The van der Waals surface area contributed by atoms with Crippen LogP contribution in [0.2, 0.25) is 0 Å². The van der Waals surface area contributed by atoms with Crippen LogP contribution < -0.4 is 5.32 Å². The molecule has 112 valence electrons. The summed E-state index contributed by atoms with van der Waals surface area (Å²) in [5.74, 6) is 0.134. The lowest BCUT2D eigenvalue weighted by atomic mass is 10.1. The highest BCUT2D eigenvalue weighted by atomic mass is 16.4. The van der Waals surface area contributed by atoms with E-state index < -0.39 is 5.97 Å². The molecule has 0 aliphatic rings. The maximum absolute atomic E-state index is 11.9. The minimum absolute atomic E-state index is 0.126. The Bertz CT molecular complexity index is 456. The molecule has 2 N–H and O–H groups in total. The van der Waals surface area contributed by atoms with Crippen molar-refractivity contribution in [3.8, 4) is 0 Å². The first-order valence-corrected chi connectivity index (χ1v) is 6.64. The molecule has 2 amide bonds. The van der Waals surface area contributed by atoms with Crippen LogP contribution in [0.5, 0.6) is 0 Å². The highest BCUT2D eigenvalue weighted by Gasteiger charge is 2.13. The van der Waals surface area contributed by atoms with Gasteiger partial charge in [-0.15, -0.1) is 0 Å². The number of amides is 2. The molecule has 0 radical (unpaired) electrons. The average Bonchev–Trinajstić information content (AvgIpc) is 2.79. The summed E-state index contributed by atoms with van der Waals surface area (Å²) in [5, 5.41) is 11.4. The van der Waals surface area contributed by atoms with Gasteiger partial charge in [-0.25, -0.2) is 4.79 Å². The van der Waals surface area contributed by atoms with E-state index in [2.05, 4.69) is 5.32 Å². The molecule has 0 aliphatic heterocycles. The Morgan fingerprint density at radius 1 is 1.50 bits per heavy atom. The van der Waals surface area contributed by atoms with Crippen LogP contribution in [-0.2, 0) is 11.3 Å². The smallest absolute Gasteiger partial charge is 0.317 e. The molecule has 6 nitrogen and oxygen atoms in total. The molecule has 6 heteroatoms. The number of rotatable bonds is 7. The Morgan fingerprint density at radius 2 is 2.20 bits per heavy atom. The highest BCUT2D eigenvalue weighted by molar-refractivity contribution is 5.73. The van der Waals surface area contributed by atoms with Gasteiger partial charge >= 0.3 is 12.0 Å². The molecule has 1 atom stereocenters. The Morgan fingerprint density at radius 3 is 2.75 bits per heavy atom. The third kappa shape index (κ3) is 5.34. The quantitative estimate of drug-likeness (QED) is 0.803. The Balaban J connectivity index is 2.31. The van der Waals surface area contributed by atoms with Gasteiger partial charge in [0.1, 0.15) is 5.76 Å². The van der Waals surface area contributed by atoms with Crippen molar-refractivity contribution in [2.45, 2.75) is 33.2 Å². The zero-order valence-corrected chi connectivity index (χ0v) is 12.2. The van der Waals surface area contributed by atoms with Crippen molar-refractivity contribution in [2.24, 2.45) is 5.92 Å². The molecule has 20 heavy (non-hydrogen) atoms. The highest BCUT2D eigenvalue weighted by Crippen LogP contribution is 2.11. The van der Waals surface area contributed by atoms with E-state index in [1.165, 1.54) is 0 Å². The molecule has 0 saturated carbocycles. The molecule has 0 fully saturated rings. The van der Waals surface area contributed by atoms with Gasteiger partial charge in [0.15, 0.2) is 0 Å². The van der Waals surface area contributed by atoms with Crippen LogP contribution in [0.3, 0.4) is 0 Å². The number of carbonyl (C=O) groups excluding carboxylic acids is 1. The SMILES string of the molecule is Cc1occc1CN(C)C(=O)NCC(C)CCC(=O)O. The number of carbonyl (C=O) groups is 2. The van der Waals surface area contributed by atoms with E-state index in [4.69, 9.17) is 9.52 Å². The fourth-order valence-corrected chi connectivity index (χ4v) is 1.77. The molecule has 0 bridgehead atoms. The number of carboxylic acid groups (broad SMARTS) is 1. The average molecular weight is 282 g/mol.